The number of aryl methyl sites for hydroxylation is 1. The lowest BCUT2D eigenvalue weighted by molar-refractivity contribution is -0.238. The number of imide groups is 1. The largest absolute Gasteiger partial charge is 0.388 e. The zero-order chi connectivity index (χ0) is 93.8. The van der Waals surface area contributed by atoms with E-state index in [1.807, 2.05) is 0 Å². The van der Waals surface area contributed by atoms with Gasteiger partial charge in [0.15, 0.2) is 18.9 Å². The summed E-state index contributed by atoms with van der Waals surface area (Å²) in [6.45, 7) is 12.0. The summed E-state index contributed by atoms with van der Waals surface area (Å²) in [5, 5.41) is 104. The van der Waals surface area contributed by atoms with Gasteiger partial charge in [0.1, 0.15) is 94.2 Å². The van der Waals surface area contributed by atoms with Gasteiger partial charge in [-0.3, -0.25) is 43.1 Å². The van der Waals surface area contributed by atoms with Crippen molar-refractivity contribution in [1.29, 1.82) is 0 Å². The van der Waals surface area contributed by atoms with Gasteiger partial charge in [-0.1, -0.05) is 28.5 Å². The first kappa shape index (κ1) is 107. The molecule has 7 amide bonds. The monoisotopic (exact) mass is 1890 g/mol. The molecule has 7 aliphatic rings. The van der Waals surface area contributed by atoms with E-state index in [-0.39, 0.29) is 174 Å². The van der Waals surface area contributed by atoms with Crippen molar-refractivity contribution in [1.82, 2.24) is 76.5 Å². The molecule has 11 N–H and O–H groups in total. The Balaban J connectivity index is 0.644. The van der Waals surface area contributed by atoms with Crippen LogP contribution in [0.4, 0.5) is 0 Å². The normalized spacial score (nSPS) is 25.8. The number of hydrogen-bond acceptors (Lipinski definition) is 40. The first-order chi connectivity index (χ1) is 64.0. The number of carbonyl (C=O) groups excluding carboxylic acids is 7. The maximum absolute atomic E-state index is 14.3. The minimum absolute atomic E-state index is 0.00507. The lowest BCUT2D eigenvalue weighted by Gasteiger charge is -2.42. The molecule has 49 heteroatoms. The highest BCUT2D eigenvalue weighted by molar-refractivity contribution is 6.12. The number of ether oxygens (including phenoxy) is 21. The Morgan fingerprint density at radius 2 is 0.742 bits per heavy atom. The maximum Gasteiger partial charge on any atom is 0.253 e. The average Bonchev–Trinajstić information content (AvgIpc) is 1.58. The molecule has 3 aromatic rings. The number of hydrogen-bond donors (Lipinski definition) is 11. The molecule has 746 valence electrons. The first-order valence-electron chi connectivity index (χ1n) is 45.2. The van der Waals surface area contributed by atoms with Gasteiger partial charge in [0.2, 0.25) is 29.5 Å². The van der Waals surface area contributed by atoms with Crippen LogP contribution in [0.3, 0.4) is 0 Å². The predicted molar refractivity (Wildman–Crippen MR) is 449 cm³/mol. The van der Waals surface area contributed by atoms with E-state index in [1.165, 1.54) is 37.8 Å². The van der Waals surface area contributed by atoms with E-state index >= 15 is 0 Å². The Kier molecular flexibility index (Phi) is 46.0. The number of aromatic nitrogens is 9. The minimum Gasteiger partial charge on any atom is -0.388 e. The fourth-order valence-corrected chi connectivity index (χ4v) is 15.4. The van der Waals surface area contributed by atoms with Crippen LogP contribution in [0.15, 0.2) is 30.7 Å². The number of nitrogens with one attached hydrogen (secondary N) is 5. The number of rotatable bonds is 73. The Labute approximate surface area is 764 Å². The third-order valence-corrected chi connectivity index (χ3v) is 22.4. The molecule has 0 aromatic carbocycles. The molecular weight excluding hydrogens is 1750 g/mol. The Bertz CT molecular complexity index is 3920. The standard InChI is InChI=1S/C83H135N15O34/c1-58(99)85-68-71(106)74(109)81(55-127-77(68)130-81)16-25-114-29-33-117-36-37-118-34-30-115-26-20-96-45-62(90-93-96)48-125-51-80(88-65(103)13-6-4-8-17-84-64(102)12-7-5-9-19-98-66(104)14-15-67(98)105,52-126-49-63-46-97(94-91-63)21-27-116-31-35-119-38-39-121-41-43-123-54-83-57-129-79(132-83)70(87-60(3)101)73(108)76(83)111)50-124-47-61-44-95(92-89-61)18-10-22-112-23-11-24-113-28-32-120-40-42-122-53-82-56-128-78(131-82)69(86-59(2)100)72(107)75(82)110/h14-15,44-46,68-79,106-111H,4-13,16-43,47-57H2,1-3H3,(H,84,102)(H,85,99)(H,86,100)(H,87,101)(H,88,103)/t68-,69-,70-,71-,72-,73-,74-,75-,76-,77+,78+,79+,80?,81+,82+,83+/m1/s1. The number of aliphatic hydroxyl groups is 6. The third-order valence-electron chi connectivity index (χ3n) is 22.4. The summed E-state index contributed by atoms with van der Waals surface area (Å²) in [6, 6.07) is -2.71. The van der Waals surface area contributed by atoms with Crippen molar-refractivity contribution < 1.29 is 164 Å². The number of carbonyl (C=O) groups is 7. The molecule has 0 saturated carbocycles. The summed E-state index contributed by atoms with van der Waals surface area (Å²) in [6.07, 6.45) is 2.68. The Morgan fingerprint density at radius 1 is 0.394 bits per heavy atom. The molecule has 0 spiro atoms. The lowest BCUT2D eigenvalue weighted by Crippen LogP contribution is -2.66. The second-order valence-corrected chi connectivity index (χ2v) is 33.1. The van der Waals surface area contributed by atoms with Gasteiger partial charge in [0, 0.05) is 98.2 Å². The van der Waals surface area contributed by atoms with Crippen molar-refractivity contribution in [3.8, 4) is 0 Å². The zero-order valence-electron chi connectivity index (χ0n) is 75.5. The summed E-state index contributed by atoms with van der Waals surface area (Å²) < 4.78 is 127. The number of aliphatic hydroxyl groups excluding tert-OH is 6. The fraction of sp³-hybridized carbons (Fsp3) is 0.819. The van der Waals surface area contributed by atoms with Crippen LogP contribution in [0.25, 0.3) is 0 Å². The van der Waals surface area contributed by atoms with Crippen LogP contribution in [0, 0.1) is 0 Å². The molecule has 1 unspecified atom stereocenters. The summed E-state index contributed by atoms with van der Waals surface area (Å²) in [5.74, 6) is -2.26. The molecule has 0 aliphatic carbocycles. The Morgan fingerprint density at radius 3 is 1.17 bits per heavy atom. The lowest BCUT2D eigenvalue weighted by atomic mass is 9.85. The van der Waals surface area contributed by atoms with Crippen LogP contribution < -0.4 is 26.6 Å². The zero-order valence-corrected chi connectivity index (χ0v) is 75.5. The molecule has 6 saturated heterocycles. The molecular formula is C83H135N15O34. The van der Waals surface area contributed by atoms with E-state index in [2.05, 4.69) is 57.5 Å². The van der Waals surface area contributed by atoms with Crippen LogP contribution in [-0.4, -0.2) is 429 Å². The van der Waals surface area contributed by atoms with Gasteiger partial charge in [-0.25, -0.2) is 9.36 Å². The van der Waals surface area contributed by atoms with Gasteiger partial charge >= 0.3 is 0 Å². The van der Waals surface area contributed by atoms with Gasteiger partial charge in [0.05, 0.1) is 223 Å². The average molecular weight is 1890 g/mol. The summed E-state index contributed by atoms with van der Waals surface area (Å²) in [4.78, 5) is 86.8. The van der Waals surface area contributed by atoms with E-state index in [9.17, 15) is 64.2 Å². The summed E-state index contributed by atoms with van der Waals surface area (Å²) in [7, 11) is 0. The number of unbranched alkanes of at least 4 members (excludes halogenated alkanes) is 4. The van der Waals surface area contributed by atoms with Crippen molar-refractivity contribution in [2.24, 2.45) is 0 Å². The maximum atomic E-state index is 14.3. The highest BCUT2D eigenvalue weighted by atomic mass is 16.8. The quantitative estimate of drug-likeness (QED) is 0.0186. The highest BCUT2D eigenvalue weighted by Gasteiger charge is 2.62. The molecule has 49 nitrogen and oxygen atoms in total. The van der Waals surface area contributed by atoms with Gasteiger partial charge in [-0.05, 0) is 38.5 Å². The molecule has 16 atom stereocenters. The van der Waals surface area contributed by atoms with Gasteiger partial charge in [0.25, 0.3) is 11.8 Å². The van der Waals surface area contributed by atoms with Crippen molar-refractivity contribution in [2.75, 3.05) is 211 Å². The second-order valence-electron chi connectivity index (χ2n) is 33.1. The molecule has 0 radical (unpaired) electrons. The van der Waals surface area contributed by atoms with E-state index in [0.29, 0.717) is 200 Å². The fourth-order valence-electron chi connectivity index (χ4n) is 15.4. The van der Waals surface area contributed by atoms with Crippen molar-refractivity contribution in [3.05, 3.63) is 47.8 Å². The molecule has 6 fully saturated rings. The van der Waals surface area contributed by atoms with Gasteiger partial charge in [-0.15, -0.1) is 15.3 Å². The Hall–Kier alpha value is -7.43. The van der Waals surface area contributed by atoms with Crippen molar-refractivity contribution >= 4 is 41.4 Å². The minimum atomic E-state index is -1.35. The SMILES string of the molecule is CC(=O)N[C@H]1[C@H]2OC[C@](CCOCCOCCOCCOCCn3cc(COCC(COCc4cn(CCCOCCCOCCOCCOC[C@@]56CO[C@@H](O5)[C@H](NC(C)=O)[C@@H](O)[C@H]6O)nn4)(COCc4cn(CCOCCOCCOCCOC[C@@]56CO[C@@H](O5)[C@H](NC(C)=O)[C@@H](O)[C@H]6O)nn4)NC(=O)CCCCCNC(=O)CCCCCN4C(=O)C=CC4=O)nn3)(O2)[C@H](O)[C@@H]1O. The van der Waals surface area contributed by atoms with Gasteiger partial charge < -0.3 is 157 Å². The van der Waals surface area contributed by atoms with Gasteiger partial charge in [-0.2, -0.15) is 0 Å². The van der Waals surface area contributed by atoms with Crippen molar-refractivity contribution in [3.63, 3.8) is 0 Å². The first-order valence-corrected chi connectivity index (χ1v) is 45.2. The molecule has 10 heterocycles. The van der Waals surface area contributed by atoms with Crippen molar-refractivity contribution in [2.45, 2.75) is 227 Å². The second kappa shape index (κ2) is 56.9. The van der Waals surface area contributed by atoms with Crippen LogP contribution in [0.2, 0.25) is 0 Å². The highest BCUT2D eigenvalue weighted by Crippen LogP contribution is 2.41. The third kappa shape index (κ3) is 34.7. The molecule has 10 rings (SSSR count). The number of fused-ring (bicyclic) bond motifs is 6. The van der Waals surface area contributed by atoms with E-state index in [0.717, 1.165) is 0 Å². The smallest absolute Gasteiger partial charge is 0.253 e. The van der Waals surface area contributed by atoms with Crippen LogP contribution in [0.5, 0.6) is 0 Å². The van der Waals surface area contributed by atoms with Crippen LogP contribution >= 0.6 is 0 Å². The number of nitrogens with zero attached hydrogens (tertiary/aromatic N) is 10. The molecule has 6 bridgehead atoms. The molecule has 132 heavy (non-hydrogen) atoms. The predicted octanol–water partition coefficient (Wildman–Crippen LogP) is -5.15. The van der Waals surface area contributed by atoms with Crippen LogP contribution in [-0.2, 0) is 172 Å². The molecule has 7 aliphatic heterocycles. The topological polar surface area (TPSA) is 590 Å². The van der Waals surface area contributed by atoms with E-state index in [4.69, 9.17) is 99.5 Å². The molecule has 3 aromatic heterocycles. The summed E-state index contributed by atoms with van der Waals surface area (Å²) >= 11 is 0. The van der Waals surface area contributed by atoms with E-state index in [1.54, 1.807) is 32.6 Å². The van der Waals surface area contributed by atoms with E-state index < -0.39 is 102 Å². The van der Waals surface area contributed by atoms with Crippen LogP contribution in [0.1, 0.15) is 108 Å². The summed E-state index contributed by atoms with van der Waals surface area (Å²) in [5.41, 5.74) is -3.53. The number of amides is 7.